The Bertz CT molecular complexity index is 411. The van der Waals surface area contributed by atoms with E-state index in [-0.39, 0.29) is 11.7 Å². The molecule has 1 aliphatic heterocycles. The van der Waals surface area contributed by atoms with Gasteiger partial charge in [-0.05, 0) is 50.2 Å². The van der Waals surface area contributed by atoms with E-state index in [1.807, 2.05) is 0 Å². The van der Waals surface area contributed by atoms with E-state index in [1.54, 1.807) is 19.2 Å². The van der Waals surface area contributed by atoms with Gasteiger partial charge in [0, 0.05) is 12.8 Å². The number of hydrogen-bond acceptors (Lipinski definition) is 4. The summed E-state index contributed by atoms with van der Waals surface area (Å²) in [4.78, 5) is 12.3. The van der Waals surface area contributed by atoms with Gasteiger partial charge in [-0.25, -0.2) is 0 Å². The van der Waals surface area contributed by atoms with Crippen LogP contribution in [0.15, 0.2) is 24.3 Å². The van der Waals surface area contributed by atoms with Crippen molar-refractivity contribution in [3.63, 3.8) is 0 Å². The van der Waals surface area contributed by atoms with Gasteiger partial charge < -0.3 is 20.5 Å². The molecule has 0 bridgehead atoms. The number of ether oxygens (including phenoxy) is 1. The monoisotopic (exact) mass is 250 g/mol. The number of hydrogen-bond donors (Lipinski definition) is 3. The lowest BCUT2D eigenvalue weighted by atomic mass is 9.91. The summed E-state index contributed by atoms with van der Waals surface area (Å²) < 4.78 is 5.44. The van der Waals surface area contributed by atoms with Crippen LogP contribution in [0.25, 0.3) is 0 Å². The number of benzene rings is 1. The van der Waals surface area contributed by atoms with Crippen LogP contribution >= 0.6 is 0 Å². The maximum Gasteiger partial charge on any atom is 0.256 e. The first kappa shape index (κ1) is 12.9. The van der Waals surface area contributed by atoms with Gasteiger partial charge in [0.05, 0.1) is 0 Å². The molecule has 0 spiro atoms. The van der Waals surface area contributed by atoms with E-state index in [2.05, 4.69) is 10.6 Å². The third-order valence-electron chi connectivity index (χ3n) is 3.34. The second-order valence-corrected chi connectivity index (χ2v) is 4.45. The Hall–Kier alpha value is -1.59. The number of carbonyl (C=O) groups excluding carboxylic acids is 1. The smallest absolute Gasteiger partial charge is 0.256 e. The highest BCUT2D eigenvalue weighted by molar-refractivity contribution is 5.97. The van der Waals surface area contributed by atoms with Gasteiger partial charge in [0.25, 0.3) is 5.91 Å². The number of anilines is 1. The first-order valence-corrected chi connectivity index (χ1v) is 6.03. The maximum atomic E-state index is 12.3. The molecule has 5 heteroatoms. The second-order valence-electron chi connectivity index (χ2n) is 4.45. The van der Waals surface area contributed by atoms with Gasteiger partial charge in [-0.3, -0.25) is 4.79 Å². The van der Waals surface area contributed by atoms with E-state index >= 15 is 0 Å². The van der Waals surface area contributed by atoms with Crippen LogP contribution in [0.4, 0.5) is 5.69 Å². The molecule has 0 radical (unpaired) electrons. The molecule has 0 atom stereocenters. The quantitative estimate of drug-likeness (QED) is 0.703. The lowest BCUT2D eigenvalue weighted by Crippen LogP contribution is -2.51. The number of carbonyl (C=O) groups is 1. The summed E-state index contributed by atoms with van der Waals surface area (Å²) in [5.41, 5.74) is -0.0869. The third kappa shape index (κ3) is 2.63. The average molecular weight is 250 g/mol. The number of nitrogens with one attached hydrogen (secondary N) is 2. The Labute approximate surface area is 106 Å². The van der Waals surface area contributed by atoms with Crippen molar-refractivity contribution in [3.05, 3.63) is 24.3 Å². The van der Waals surface area contributed by atoms with Gasteiger partial charge in [0.1, 0.15) is 11.4 Å². The van der Waals surface area contributed by atoms with E-state index in [0.717, 1.165) is 13.1 Å². The minimum atomic E-state index is -0.747. The van der Waals surface area contributed by atoms with Gasteiger partial charge in [0.15, 0.2) is 0 Å². The zero-order valence-corrected chi connectivity index (χ0v) is 10.4. The van der Waals surface area contributed by atoms with Crippen LogP contribution in [0.5, 0.6) is 5.75 Å². The molecule has 1 aromatic carbocycles. The molecule has 0 saturated carbocycles. The molecule has 1 saturated heterocycles. The summed E-state index contributed by atoms with van der Waals surface area (Å²) in [6.07, 6.45) is 1.32. The van der Waals surface area contributed by atoms with E-state index < -0.39 is 5.60 Å². The Morgan fingerprint density at radius 1 is 1.33 bits per heavy atom. The van der Waals surface area contributed by atoms with Gasteiger partial charge in [0.2, 0.25) is 0 Å². The molecule has 0 aromatic heterocycles. The van der Waals surface area contributed by atoms with Gasteiger partial charge in [-0.1, -0.05) is 0 Å². The van der Waals surface area contributed by atoms with Crippen molar-refractivity contribution in [1.82, 2.24) is 5.32 Å². The molecular weight excluding hydrogens is 232 g/mol. The van der Waals surface area contributed by atoms with Crippen molar-refractivity contribution in [3.8, 4) is 5.75 Å². The number of phenols is 1. The SMILES string of the molecule is COC1(C(=O)Nc2ccc(O)cc2)CCNCC1. The molecule has 1 heterocycles. The summed E-state index contributed by atoms with van der Waals surface area (Å²) in [7, 11) is 1.57. The van der Waals surface area contributed by atoms with Gasteiger partial charge in [-0.15, -0.1) is 0 Å². The summed E-state index contributed by atoms with van der Waals surface area (Å²) in [6, 6.07) is 6.41. The zero-order chi connectivity index (χ0) is 13.0. The van der Waals surface area contributed by atoms with Crippen molar-refractivity contribution in [1.29, 1.82) is 0 Å². The van der Waals surface area contributed by atoms with E-state index in [4.69, 9.17) is 4.74 Å². The van der Waals surface area contributed by atoms with E-state index in [9.17, 15) is 9.90 Å². The summed E-state index contributed by atoms with van der Waals surface area (Å²) in [6.45, 7) is 1.55. The standard InChI is InChI=1S/C13H18N2O3/c1-18-13(6-8-14-9-7-13)12(17)15-10-2-4-11(16)5-3-10/h2-5,14,16H,6-9H2,1H3,(H,15,17). The zero-order valence-electron chi connectivity index (χ0n) is 10.4. The van der Waals surface area contributed by atoms with Crippen LogP contribution in [0.2, 0.25) is 0 Å². The summed E-state index contributed by atoms with van der Waals surface area (Å²) in [5, 5.41) is 15.2. The minimum Gasteiger partial charge on any atom is -0.508 e. The fourth-order valence-corrected chi connectivity index (χ4v) is 2.14. The second kappa shape index (κ2) is 5.37. The van der Waals surface area contributed by atoms with Crippen molar-refractivity contribution < 1.29 is 14.6 Å². The van der Waals surface area contributed by atoms with Crippen molar-refractivity contribution in [2.24, 2.45) is 0 Å². The number of methoxy groups -OCH3 is 1. The highest BCUT2D eigenvalue weighted by Gasteiger charge is 2.39. The molecule has 98 valence electrons. The highest BCUT2D eigenvalue weighted by Crippen LogP contribution is 2.25. The molecule has 5 nitrogen and oxygen atoms in total. The first-order valence-electron chi connectivity index (χ1n) is 6.03. The third-order valence-corrected chi connectivity index (χ3v) is 3.34. The van der Waals surface area contributed by atoms with E-state index in [1.165, 1.54) is 12.1 Å². The van der Waals surface area contributed by atoms with Crippen LogP contribution in [0.3, 0.4) is 0 Å². The van der Waals surface area contributed by atoms with Gasteiger partial charge >= 0.3 is 0 Å². The molecule has 2 rings (SSSR count). The first-order chi connectivity index (χ1) is 8.66. The van der Waals surface area contributed by atoms with Crippen molar-refractivity contribution in [2.75, 3.05) is 25.5 Å². The molecule has 1 amide bonds. The molecule has 1 fully saturated rings. The molecule has 1 aromatic rings. The van der Waals surface area contributed by atoms with Crippen LogP contribution in [-0.2, 0) is 9.53 Å². The summed E-state index contributed by atoms with van der Waals surface area (Å²) >= 11 is 0. The fraction of sp³-hybridized carbons (Fsp3) is 0.462. The van der Waals surface area contributed by atoms with Crippen LogP contribution in [0, 0.1) is 0 Å². The number of phenolic OH excluding ortho intramolecular Hbond substituents is 1. The minimum absolute atomic E-state index is 0.128. The van der Waals surface area contributed by atoms with Gasteiger partial charge in [-0.2, -0.15) is 0 Å². The van der Waals surface area contributed by atoms with Crippen LogP contribution < -0.4 is 10.6 Å². The topological polar surface area (TPSA) is 70.6 Å². The maximum absolute atomic E-state index is 12.3. The molecule has 0 aliphatic carbocycles. The van der Waals surface area contributed by atoms with Crippen LogP contribution in [-0.4, -0.2) is 36.8 Å². The number of piperidine rings is 1. The predicted molar refractivity (Wildman–Crippen MR) is 68.6 cm³/mol. The Morgan fingerprint density at radius 2 is 1.94 bits per heavy atom. The van der Waals surface area contributed by atoms with E-state index in [0.29, 0.717) is 18.5 Å². The average Bonchev–Trinajstić information content (AvgIpc) is 2.42. The lowest BCUT2D eigenvalue weighted by Gasteiger charge is -2.34. The molecule has 18 heavy (non-hydrogen) atoms. The normalized spacial score (nSPS) is 18.3. The van der Waals surface area contributed by atoms with Crippen molar-refractivity contribution >= 4 is 11.6 Å². The predicted octanol–water partition coefficient (Wildman–Crippen LogP) is 1.10. The molecule has 0 unspecified atom stereocenters. The highest BCUT2D eigenvalue weighted by atomic mass is 16.5. The number of amides is 1. The lowest BCUT2D eigenvalue weighted by molar-refractivity contribution is -0.140. The molecule has 1 aliphatic rings. The van der Waals surface area contributed by atoms with Crippen molar-refractivity contribution in [2.45, 2.75) is 18.4 Å². The largest absolute Gasteiger partial charge is 0.508 e. The number of aromatic hydroxyl groups is 1. The summed E-state index contributed by atoms with van der Waals surface area (Å²) in [5.74, 6) is 0.0495. The Kier molecular flexibility index (Phi) is 3.84. The molecule has 3 N–H and O–H groups in total. The van der Waals surface area contributed by atoms with Crippen LogP contribution in [0.1, 0.15) is 12.8 Å². The Balaban J connectivity index is 2.07. The number of rotatable bonds is 3. The fourth-order valence-electron chi connectivity index (χ4n) is 2.14. The Morgan fingerprint density at radius 3 is 2.50 bits per heavy atom. The molecular formula is C13H18N2O3.